The Bertz CT molecular complexity index is 918. The molecule has 0 aliphatic rings. The molecule has 0 aliphatic carbocycles. The van der Waals surface area contributed by atoms with E-state index in [0.717, 1.165) is 0 Å². The molecule has 28 heavy (non-hydrogen) atoms. The lowest BCUT2D eigenvalue weighted by molar-refractivity contribution is -0.117. The van der Waals surface area contributed by atoms with Crippen molar-refractivity contribution in [3.8, 4) is 6.07 Å². The number of nitrogens with zero attached hydrogens (tertiary/aromatic N) is 2. The third-order valence-electron chi connectivity index (χ3n) is 3.95. The first-order valence-corrected chi connectivity index (χ1v) is 8.81. The second kappa shape index (κ2) is 9.88. The number of nitrogens with one attached hydrogen (secondary N) is 1. The number of hydrogen-bond acceptors (Lipinski definition) is 5. The van der Waals surface area contributed by atoms with E-state index in [-0.39, 0.29) is 37.0 Å². The highest BCUT2D eigenvalue weighted by atomic mass is 16.5. The Morgan fingerprint density at radius 2 is 1.79 bits per heavy atom. The van der Waals surface area contributed by atoms with Gasteiger partial charge in [0.05, 0.1) is 29.1 Å². The highest BCUT2D eigenvalue weighted by Crippen LogP contribution is 2.21. The standard InChI is InChI=1S/C21H21N3O4/c1-3-28-21(27)17-9-5-6-10-18(17)23-20(26)12-13-24(15(2)25)19-11-7-4-8-16(19)14-22/h4-11H,3,12-13H2,1-2H3,(H,23,26). The van der Waals surface area contributed by atoms with Gasteiger partial charge in [0, 0.05) is 19.9 Å². The van der Waals surface area contributed by atoms with Crippen LogP contribution in [0.1, 0.15) is 36.2 Å². The molecule has 7 heteroatoms. The summed E-state index contributed by atoms with van der Waals surface area (Å²) in [5, 5.41) is 11.9. The van der Waals surface area contributed by atoms with Crippen molar-refractivity contribution in [1.29, 1.82) is 5.26 Å². The van der Waals surface area contributed by atoms with Crippen LogP contribution >= 0.6 is 0 Å². The van der Waals surface area contributed by atoms with Gasteiger partial charge in [-0.15, -0.1) is 0 Å². The van der Waals surface area contributed by atoms with Gasteiger partial charge < -0.3 is 15.0 Å². The Balaban J connectivity index is 2.10. The number of carbonyl (C=O) groups is 3. The highest BCUT2D eigenvalue weighted by Gasteiger charge is 2.18. The molecule has 2 aromatic carbocycles. The maximum absolute atomic E-state index is 12.4. The summed E-state index contributed by atoms with van der Waals surface area (Å²) < 4.78 is 4.99. The van der Waals surface area contributed by atoms with Crippen molar-refractivity contribution < 1.29 is 19.1 Å². The summed E-state index contributed by atoms with van der Waals surface area (Å²) in [6.45, 7) is 3.41. The summed E-state index contributed by atoms with van der Waals surface area (Å²) in [5.41, 5.74) is 1.41. The molecule has 0 saturated carbocycles. The molecule has 0 atom stereocenters. The van der Waals surface area contributed by atoms with Gasteiger partial charge >= 0.3 is 5.97 Å². The van der Waals surface area contributed by atoms with Gasteiger partial charge in [-0.2, -0.15) is 5.26 Å². The van der Waals surface area contributed by atoms with E-state index in [2.05, 4.69) is 5.32 Å². The topological polar surface area (TPSA) is 99.5 Å². The average molecular weight is 379 g/mol. The van der Waals surface area contributed by atoms with Crippen LogP contribution < -0.4 is 10.2 Å². The zero-order valence-electron chi connectivity index (χ0n) is 15.8. The van der Waals surface area contributed by atoms with Gasteiger partial charge in [-0.1, -0.05) is 24.3 Å². The minimum Gasteiger partial charge on any atom is -0.462 e. The van der Waals surface area contributed by atoms with E-state index in [4.69, 9.17) is 4.74 Å². The number of esters is 1. The number of benzene rings is 2. The van der Waals surface area contributed by atoms with Gasteiger partial charge in [0.1, 0.15) is 6.07 Å². The predicted octanol–water partition coefficient (Wildman–Crippen LogP) is 3.12. The summed E-state index contributed by atoms with van der Waals surface area (Å²) in [6, 6.07) is 15.3. The number of rotatable bonds is 7. The Kier molecular flexibility index (Phi) is 7.28. The van der Waals surface area contributed by atoms with E-state index < -0.39 is 5.97 Å². The van der Waals surface area contributed by atoms with Gasteiger partial charge in [-0.3, -0.25) is 9.59 Å². The average Bonchev–Trinajstić information content (AvgIpc) is 2.68. The second-order valence-corrected chi connectivity index (χ2v) is 5.86. The Labute approximate surface area is 163 Å². The van der Waals surface area contributed by atoms with Gasteiger partial charge in [-0.05, 0) is 31.2 Å². The fraction of sp³-hybridized carbons (Fsp3) is 0.238. The third-order valence-corrected chi connectivity index (χ3v) is 3.95. The molecule has 1 N–H and O–H groups in total. The van der Waals surface area contributed by atoms with Crippen molar-refractivity contribution in [3.63, 3.8) is 0 Å². The third kappa shape index (κ3) is 5.17. The molecule has 0 aromatic heterocycles. The molecule has 0 saturated heterocycles. The van der Waals surface area contributed by atoms with Crippen LogP contribution in [0.25, 0.3) is 0 Å². The zero-order chi connectivity index (χ0) is 20.5. The number of hydrogen-bond donors (Lipinski definition) is 1. The van der Waals surface area contributed by atoms with E-state index in [1.165, 1.54) is 11.8 Å². The lowest BCUT2D eigenvalue weighted by atomic mass is 10.1. The molecule has 144 valence electrons. The molecular formula is C21H21N3O4. The Hall–Kier alpha value is -3.66. The van der Waals surface area contributed by atoms with E-state index in [0.29, 0.717) is 16.9 Å². The first kappa shape index (κ1) is 20.6. The molecule has 0 unspecified atom stereocenters. The van der Waals surface area contributed by atoms with Crippen molar-refractivity contribution in [2.24, 2.45) is 0 Å². The first-order chi connectivity index (χ1) is 13.5. The van der Waals surface area contributed by atoms with E-state index >= 15 is 0 Å². The lowest BCUT2D eigenvalue weighted by Gasteiger charge is -2.22. The normalized spacial score (nSPS) is 9.89. The van der Waals surface area contributed by atoms with Crippen LogP contribution in [0.15, 0.2) is 48.5 Å². The zero-order valence-corrected chi connectivity index (χ0v) is 15.8. The van der Waals surface area contributed by atoms with Gasteiger partial charge in [0.2, 0.25) is 11.8 Å². The summed E-state index contributed by atoms with van der Waals surface area (Å²) >= 11 is 0. The number of nitriles is 1. The first-order valence-electron chi connectivity index (χ1n) is 8.81. The number of carbonyl (C=O) groups excluding carboxylic acids is 3. The summed E-state index contributed by atoms with van der Waals surface area (Å²) in [7, 11) is 0. The van der Waals surface area contributed by atoms with Crippen LogP contribution in [0.3, 0.4) is 0 Å². The van der Waals surface area contributed by atoms with Crippen molar-refractivity contribution in [2.45, 2.75) is 20.3 Å². The van der Waals surface area contributed by atoms with Crippen LogP contribution in [0.2, 0.25) is 0 Å². The minimum atomic E-state index is -0.522. The number of ether oxygens (including phenoxy) is 1. The second-order valence-electron chi connectivity index (χ2n) is 5.86. The van der Waals surface area contributed by atoms with E-state index in [1.54, 1.807) is 55.5 Å². The molecular weight excluding hydrogens is 358 g/mol. The molecule has 7 nitrogen and oxygen atoms in total. The van der Waals surface area contributed by atoms with Crippen molar-refractivity contribution in [2.75, 3.05) is 23.4 Å². The van der Waals surface area contributed by atoms with Crippen molar-refractivity contribution >= 4 is 29.2 Å². The van der Waals surface area contributed by atoms with Crippen LogP contribution in [-0.2, 0) is 14.3 Å². The monoisotopic (exact) mass is 379 g/mol. The summed E-state index contributed by atoms with van der Waals surface area (Å²) in [6.07, 6.45) is -0.00347. The molecule has 0 heterocycles. The minimum absolute atomic E-state index is 0.00347. The largest absolute Gasteiger partial charge is 0.462 e. The van der Waals surface area contributed by atoms with Gasteiger partial charge in [-0.25, -0.2) is 4.79 Å². The van der Waals surface area contributed by atoms with E-state index in [9.17, 15) is 19.6 Å². The lowest BCUT2D eigenvalue weighted by Crippen LogP contribution is -2.32. The Morgan fingerprint density at radius 3 is 2.46 bits per heavy atom. The van der Waals surface area contributed by atoms with Crippen LogP contribution in [0, 0.1) is 11.3 Å². The molecule has 0 spiro atoms. The van der Waals surface area contributed by atoms with Crippen molar-refractivity contribution in [3.05, 3.63) is 59.7 Å². The molecule has 2 amide bonds. The smallest absolute Gasteiger partial charge is 0.340 e. The van der Waals surface area contributed by atoms with Crippen LogP contribution in [-0.4, -0.2) is 30.9 Å². The molecule has 2 rings (SSSR count). The maximum atomic E-state index is 12.4. The summed E-state index contributed by atoms with van der Waals surface area (Å²) in [4.78, 5) is 37.8. The fourth-order valence-electron chi connectivity index (χ4n) is 2.66. The van der Waals surface area contributed by atoms with Crippen molar-refractivity contribution in [1.82, 2.24) is 0 Å². The molecule has 0 bridgehead atoms. The summed E-state index contributed by atoms with van der Waals surface area (Å²) in [5.74, 6) is -1.16. The molecule has 0 radical (unpaired) electrons. The van der Waals surface area contributed by atoms with Gasteiger partial charge in [0.15, 0.2) is 0 Å². The van der Waals surface area contributed by atoms with Crippen LogP contribution in [0.5, 0.6) is 0 Å². The quantitative estimate of drug-likeness (QED) is 0.745. The molecule has 2 aromatic rings. The fourth-order valence-corrected chi connectivity index (χ4v) is 2.66. The van der Waals surface area contributed by atoms with Crippen LogP contribution in [0.4, 0.5) is 11.4 Å². The van der Waals surface area contributed by atoms with Gasteiger partial charge in [0.25, 0.3) is 0 Å². The predicted molar refractivity (Wildman–Crippen MR) is 105 cm³/mol. The molecule has 0 aliphatic heterocycles. The molecule has 0 fully saturated rings. The maximum Gasteiger partial charge on any atom is 0.340 e. The SMILES string of the molecule is CCOC(=O)c1ccccc1NC(=O)CCN(C(C)=O)c1ccccc1C#N. The van der Waals surface area contributed by atoms with E-state index in [1.807, 2.05) is 6.07 Å². The number of amides is 2. The number of anilines is 2. The number of para-hydroxylation sites is 2. The highest BCUT2D eigenvalue weighted by molar-refractivity contribution is 6.01. The Morgan fingerprint density at radius 1 is 1.11 bits per heavy atom.